The quantitative estimate of drug-likeness (QED) is 0.145. The molecule has 0 spiro atoms. The number of aromatic amines is 2. The summed E-state index contributed by atoms with van der Waals surface area (Å²) in [5, 5.41) is 26.6. The van der Waals surface area contributed by atoms with Crippen molar-refractivity contribution in [2.24, 2.45) is 0 Å². The van der Waals surface area contributed by atoms with Crippen LogP contribution in [0.15, 0.2) is 59.9 Å². The predicted octanol–water partition coefficient (Wildman–Crippen LogP) is 5.32. The van der Waals surface area contributed by atoms with Crippen LogP contribution in [0.2, 0.25) is 0 Å². The third-order valence-electron chi connectivity index (χ3n) is 14.4. The molecule has 2 unspecified atom stereocenters. The molecule has 6 heterocycles. The average Bonchev–Trinajstić information content (AvgIpc) is 4.03. The summed E-state index contributed by atoms with van der Waals surface area (Å²) in [5.74, 6) is 6.06. The van der Waals surface area contributed by atoms with E-state index in [-0.39, 0.29) is 12.1 Å². The minimum Gasteiger partial charge on any atom is -0.465 e. The lowest BCUT2D eigenvalue weighted by atomic mass is 9.64. The zero-order valence-corrected chi connectivity index (χ0v) is 31.2. The molecule has 10 rings (SSSR count). The SMILES string of the molecule is Cc1c(-c2ccc([C@@]34C(=C=O)CC[C@]3(NC(=O)O)N3CCCC3c3ncc4[nH]3)cc2)ccc([C@@]23C(=C=O)CC[C@]2(NC(=O)O)N2CCCC2c2ncc3[nH]2)c1C. The zero-order chi connectivity index (χ0) is 38.8. The number of imidazole rings is 2. The van der Waals surface area contributed by atoms with Crippen LogP contribution in [0.1, 0.15) is 109 Å². The van der Waals surface area contributed by atoms with Gasteiger partial charge in [-0.15, -0.1) is 0 Å². The molecule has 4 fully saturated rings. The fraction of sp³-hybridized carbons (Fsp3) is 0.429. The maximum Gasteiger partial charge on any atom is 0.406 e. The van der Waals surface area contributed by atoms with E-state index in [4.69, 9.17) is 9.97 Å². The van der Waals surface area contributed by atoms with Gasteiger partial charge in [0.1, 0.15) is 45.7 Å². The van der Waals surface area contributed by atoms with Crippen LogP contribution in [0.5, 0.6) is 0 Å². The van der Waals surface area contributed by atoms with Gasteiger partial charge in [0.05, 0.1) is 23.5 Å². The lowest BCUT2D eigenvalue weighted by molar-refractivity contribution is 0.0136. The Morgan fingerprint density at radius 1 is 0.750 bits per heavy atom. The Hall–Kier alpha value is -5.78. The number of fused-ring (bicyclic) bond motifs is 14. The molecule has 2 amide bonds. The van der Waals surface area contributed by atoms with Crippen molar-refractivity contribution >= 4 is 24.1 Å². The molecule has 14 nitrogen and oxygen atoms in total. The molecule has 2 aromatic heterocycles. The lowest BCUT2D eigenvalue weighted by Gasteiger charge is -2.51. The van der Waals surface area contributed by atoms with Crippen LogP contribution in [0, 0.1) is 13.8 Å². The first-order chi connectivity index (χ1) is 27.1. The Morgan fingerprint density at radius 3 is 1.80 bits per heavy atom. The van der Waals surface area contributed by atoms with Crippen molar-refractivity contribution < 1.29 is 29.4 Å². The van der Waals surface area contributed by atoms with E-state index in [0.29, 0.717) is 61.3 Å². The molecule has 6 atom stereocenters. The number of hydrogen-bond donors (Lipinski definition) is 6. The first-order valence-corrected chi connectivity index (χ1v) is 19.4. The van der Waals surface area contributed by atoms with Crippen molar-refractivity contribution in [3.63, 3.8) is 0 Å². The topological polar surface area (TPSA) is 197 Å². The highest BCUT2D eigenvalue weighted by Crippen LogP contribution is 2.63. The molecular formula is C42H42N8O6. The first kappa shape index (κ1) is 34.7. The van der Waals surface area contributed by atoms with Gasteiger partial charge in [0.25, 0.3) is 0 Å². The fourth-order valence-electron chi connectivity index (χ4n) is 12.4. The van der Waals surface area contributed by atoms with Crippen molar-refractivity contribution in [3.8, 4) is 11.1 Å². The van der Waals surface area contributed by atoms with Gasteiger partial charge in [-0.3, -0.25) is 9.80 Å². The van der Waals surface area contributed by atoms with Crippen molar-refractivity contribution in [1.29, 1.82) is 0 Å². The molecular weight excluding hydrogens is 713 g/mol. The maximum absolute atomic E-state index is 13.0. The van der Waals surface area contributed by atoms with Crippen LogP contribution in [0.25, 0.3) is 11.1 Å². The summed E-state index contributed by atoms with van der Waals surface area (Å²) in [6, 6.07) is 11.8. The highest BCUT2D eigenvalue weighted by Gasteiger charge is 2.69. The Kier molecular flexibility index (Phi) is 7.35. The minimum atomic E-state index is -1.20. The number of nitrogens with zero attached hydrogens (tertiary/aromatic N) is 4. The Balaban J connectivity index is 1.13. The number of nitrogens with one attached hydrogen (secondary N) is 4. The van der Waals surface area contributed by atoms with Gasteiger partial charge >= 0.3 is 12.2 Å². The van der Waals surface area contributed by atoms with E-state index in [1.54, 1.807) is 12.4 Å². The maximum atomic E-state index is 13.0. The highest BCUT2D eigenvalue weighted by molar-refractivity contribution is 5.78. The van der Waals surface area contributed by atoms with Crippen LogP contribution >= 0.6 is 0 Å². The lowest BCUT2D eigenvalue weighted by Crippen LogP contribution is -2.69. The van der Waals surface area contributed by atoms with Crippen LogP contribution in [0.4, 0.5) is 9.59 Å². The minimum absolute atomic E-state index is 0.122. The molecule has 286 valence electrons. The molecule has 4 aliphatic heterocycles. The van der Waals surface area contributed by atoms with Gasteiger partial charge < -0.3 is 30.8 Å². The molecule has 2 saturated carbocycles. The molecule has 4 aromatic rings. The zero-order valence-electron chi connectivity index (χ0n) is 31.2. The summed E-state index contributed by atoms with van der Waals surface area (Å²) < 4.78 is 0. The van der Waals surface area contributed by atoms with Gasteiger partial charge in [-0.2, -0.15) is 0 Å². The van der Waals surface area contributed by atoms with Crippen molar-refractivity contribution in [2.45, 2.75) is 99.5 Å². The highest BCUT2D eigenvalue weighted by atomic mass is 16.4. The second-order valence-corrected chi connectivity index (χ2v) is 16.3. The summed E-state index contributed by atoms with van der Waals surface area (Å²) in [5.41, 5.74) is 2.86. The van der Waals surface area contributed by atoms with E-state index in [1.807, 2.05) is 50.2 Å². The van der Waals surface area contributed by atoms with E-state index < -0.39 is 34.3 Å². The summed E-state index contributed by atoms with van der Waals surface area (Å²) in [6.07, 6.45) is 6.11. The van der Waals surface area contributed by atoms with Crippen molar-refractivity contribution in [3.05, 3.63) is 105 Å². The number of carboxylic acid groups (broad SMARTS) is 2. The average molecular weight is 755 g/mol. The number of benzene rings is 2. The molecule has 6 N–H and O–H groups in total. The molecule has 2 saturated heterocycles. The van der Waals surface area contributed by atoms with Gasteiger partial charge in [0, 0.05) is 36.6 Å². The number of carbonyl (C=O) groups excluding carboxylic acids is 2. The summed E-state index contributed by atoms with van der Waals surface area (Å²) in [7, 11) is 0. The largest absolute Gasteiger partial charge is 0.465 e. The Morgan fingerprint density at radius 2 is 1.27 bits per heavy atom. The third-order valence-corrected chi connectivity index (χ3v) is 14.4. The number of H-pyrrole nitrogens is 2. The molecule has 56 heavy (non-hydrogen) atoms. The summed E-state index contributed by atoms with van der Waals surface area (Å²) in [4.78, 5) is 72.2. The van der Waals surface area contributed by atoms with Gasteiger partial charge in [0.15, 0.2) is 0 Å². The number of aromatic nitrogens is 4. The number of carbonyl (C=O) groups is 2. The predicted molar refractivity (Wildman–Crippen MR) is 202 cm³/mol. The van der Waals surface area contributed by atoms with Crippen LogP contribution in [-0.4, -0.2) is 88.4 Å². The van der Waals surface area contributed by atoms with Gasteiger partial charge in [-0.1, -0.05) is 36.4 Å². The number of hydrogen-bond acceptors (Lipinski definition) is 8. The Labute approximate surface area is 322 Å². The smallest absolute Gasteiger partial charge is 0.406 e. The monoisotopic (exact) mass is 754 g/mol. The molecule has 4 bridgehead atoms. The molecule has 6 aliphatic rings. The molecule has 0 radical (unpaired) electrons. The second kappa shape index (κ2) is 11.9. The fourth-order valence-corrected chi connectivity index (χ4v) is 12.4. The van der Waals surface area contributed by atoms with Crippen LogP contribution in [0.3, 0.4) is 0 Å². The van der Waals surface area contributed by atoms with E-state index in [0.717, 1.165) is 70.7 Å². The van der Waals surface area contributed by atoms with Crippen LogP contribution in [-0.2, 0) is 20.4 Å². The number of amides is 2. The van der Waals surface area contributed by atoms with E-state index in [9.17, 15) is 29.4 Å². The van der Waals surface area contributed by atoms with Crippen LogP contribution < -0.4 is 10.6 Å². The molecule has 2 aliphatic carbocycles. The molecule has 2 aromatic carbocycles. The standard InChI is InChI=1S/C42H42N8O6/c1-23-24(2)30(42-28(22-52)14-16-40(42,48-38(55)56)50-18-4-6-32(50)36-44-20-34(42)46-36)12-11-29(23)25-7-9-26(10-8-25)41-27(21-51)13-15-39(41,47-37(53)54)49-17-3-5-31(49)35-43-19-33(41)45-35/h7-12,19-20,31-32,47-48H,3-6,13-18H2,1-2H3,(H,43,45)(H,44,46)(H,53,54)(H,55,56)/t31?,32?,39-,40-,41-,42+/m0/s1. The van der Waals surface area contributed by atoms with Gasteiger partial charge in [-0.25, -0.2) is 29.1 Å². The van der Waals surface area contributed by atoms with E-state index >= 15 is 0 Å². The van der Waals surface area contributed by atoms with Gasteiger partial charge in [-0.05, 0) is 98.6 Å². The normalized spacial score (nSPS) is 31.4. The van der Waals surface area contributed by atoms with E-state index in [2.05, 4.69) is 42.3 Å². The van der Waals surface area contributed by atoms with Gasteiger partial charge in [0.2, 0.25) is 0 Å². The Bertz CT molecular complexity index is 2460. The summed E-state index contributed by atoms with van der Waals surface area (Å²) in [6.45, 7) is 5.36. The van der Waals surface area contributed by atoms with Crippen molar-refractivity contribution in [2.75, 3.05) is 13.1 Å². The molecule has 14 heteroatoms. The second-order valence-electron chi connectivity index (χ2n) is 16.3. The van der Waals surface area contributed by atoms with E-state index in [1.165, 1.54) is 0 Å². The number of rotatable bonds is 5. The summed E-state index contributed by atoms with van der Waals surface area (Å²) >= 11 is 0. The van der Waals surface area contributed by atoms with Crippen molar-refractivity contribution in [1.82, 2.24) is 40.4 Å². The third kappa shape index (κ3) is 4.04. The first-order valence-electron chi connectivity index (χ1n) is 19.4.